The summed E-state index contributed by atoms with van der Waals surface area (Å²) < 4.78 is 5.11. The number of nitrogens with zero attached hydrogens (tertiary/aromatic N) is 1. The Hall–Kier alpha value is -1.36. The molecule has 0 radical (unpaired) electrons. The highest BCUT2D eigenvalue weighted by Gasteiger charge is 2.28. The molecule has 0 aromatic carbocycles. The lowest BCUT2D eigenvalue weighted by Crippen LogP contribution is -2.44. The second kappa shape index (κ2) is 7.59. The number of carbonyl (C=O) groups excluding carboxylic acids is 1. The van der Waals surface area contributed by atoms with Crippen molar-refractivity contribution in [1.29, 1.82) is 0 Å². The molecule has 0 saturated heterocycles. The van der Waals surface area contributed by atoms with Gasteiger partial charge in [0.15, 0.2) is 0 Å². The molecular formula is C16H28N2O3. The Morgan fingerprint density at radius 3 is 2.33 bits per heavy atom. The van der Waals surface area contributed by atoms with Gasteiger partial charge in [0.05, 0.1) is 17.2 Å². The molecule has 120 valence electrons. The van der Waals surface area contributed by atoms with Crippen molar-refractivity contribution in [2.45, 2.75) is 71.8 Å². The van der Waals surface area contributed by atoms with Gasteiger partial charge in [-0.25, -0.2) is 0 Å². The Balaban J connectivity index is 2.68. The average Bonchev–Trinajstić information content (AvgIpc) is 2.75. The predicted molar refractivity (Wildman–Crippen MR) is 82.2 cm³/mol. The standard InChI is InChI=1S/C16H28N2O3/c1-6-8-16(20,9-7-2)10-17-15(19)11(3)14-12(4)18-21-13(14)5/h11,20H,6-10H2,1-5H3,(H,17,19). The first kappa shape index (κ1) is 17.7. The molecule has 1 amide bonds. The molecule has 1 rings (SSSR count). The minimum absolute atomic E-state index is 0.102. The Kier molecular flexibility index (Phi) is 6.40. The van der Waals surface area contributed by atoms with Gasteiger partial charge in [0.2, 0.25) is 5.91 Å². The zero-order chi connectivity index (χ0) is 16.0. The summed E-state index contributed by atoms with van der Waals surface area (Å²) in [7, 11) is 0. The van der Waals surface area contributed by atoms with Crippen LogP contribution in [0.5, 0.6) is 0 Å². The van der Waals surface area contributed by atoms with Crippen LogP contribution in [-0.2, 0) is 4.79 Å². The minimum atomic E-state index is -0.808. The lowest BCUT2D eigenvalue weighted by molar-refractivity contribution is -0.123. The van der Waals surface area contributed by atoms with Crippen LogP contribution in [0.25, 0.3) is 0 Å². The fraction of sp³-hybridized carbons (Fsp3) is 0.750. The molecule has 0 aliphatic carbocycles. The lowest BCUT2D eigenvalue weighted by Gasteiger charge is -2.28. The fourth-order valence-corrected chi connectivity index (χ4v) is 2.88. The number of hydrogen-bond donors (Lipinski definition) is 2. The summed E-state index contributed by atoms with van der Waals surface area (Å²) in [6, 6.07) is 0. The van der Waals surface area contributed by atoms with Crippen LogP contribution in [0.15, 0.2) is 4.52 Å². The highest BCUT2D eigenvalue weighted by Crippen LogP contribution is 2.24. The highest BCUT2D eigenvalue weighted by atomic mass is 16.5. The maximum Gasteiger partial charge on any atom is 0.227 e. The van der Waals surface area contributed by atoms with Gasteiger partial charge in [-0.2, -0.15) is 0 Å². The molecule has 1 aromatic rings. The van der Waals surface area contributed by atoms with E-state index in [0.717, 1.165) is 24.1 Å². The average molecular weight is 296 g/mol. The van der Waals surface area contributed by atoms with Gasteiger partial charge in [0.1, 0.15) is 5.76 Å². The molecule has 0 aliphatic heterocycles. The van der Waals surface area contributed by atoms with E-state index < -0.39 is 5.60 Å². The molecule has 1 unspecified atom stereocenters. The van der Waals surface area contributed by atoms with Crippen LogP contribution >= 0.6 is 0 Å². The highest BCUT2D eigenvalue weighted by molar-refractivity contribution is 5.83. The van der Waals surface area contributed by atoms with Crippen LogP contribution in [0.4, 0.5) is 0 Å². The van der Waals surface area contributed by atoms with E-state index in [2.05, 4.69) is 10.5 Å². The summed E-state index contributed by atoms with van der Waals surface area (Å²) in [5.74, 6) is 0.242. The zero-order valence-corrected chi connectivity index (χ0v) is 13.8. The van der Waals surface area contributed by atoms with Crippen molar-refractivity contribution in [2.75, 3.05) is 6.54 Å². The quantitative estimate of drug-likeness (QED) is 0.773. The monoisotopic (exact) mass is 296 g/mol. The Morgan fingerprint density at radius 2 is 1.90 bits per heavy atom. The van der Waals surface area contributed by atoms with Crippen molar-refractivity contribution in [3.05, 3.63) is 17.0 Å². The molecule has 1 aromatic heterocycles. The van der Waals surface area contributed by atoms with Crippen LogP contribution in [0.2, 0.25) is 0 Å². The van der Waals surface area contributed by atoms with Gasteiger partial charge < -0.3 is 14.9 Å². The van der Waals surface area contributed by atoms with Crippen LogP contribution < -0.4 is 5.32 Å². The summed E-state index contributed by atoms with van der Waals surface area (Å²) in [5, 5.41) is 17.3. The third-order valence-corrected chi connectivity index (χ3v) is 3.94. The predicted octanol–water partition coefficient (Wildman–Crippen LogP) is 2.84. The summed E-state index contributed by atoms with van der Waals surface area (Å²) >= 11 is 0. The number of carbonyl (C=O) groups is 1. The molecular weight excluding hydrogens is 268 g/mol. The van der Waals surface area contributed by atoms with Gasteiger partial charge in [0.25, 0.3) is 0 Å². The van der Waals surface area contributed by atoms with Gasteiger partial charge in [-0.1, -0.05) is 31.8 Å². The normalized spacial score (nSPS) is 13.2. The second-order valence-electron chi connectivity index (χ2n) is 5.90. The van der Waals surface area contributed by atoms with Gasteiger partial charge >= 0.3 is 0 Å². The number of aliphatic hydroxyl groups is 1. The molecule has 0 fully saturated rings. The molecule has 1 atom stereocenters. The number of aryl methyl sites for hydroxylation is 2. The molecule has 5 heteroatoms. The Morgan fingerprint density at radius 1 is 1.33 bits per heavy atom. The van der Waals surface area contributed by atoms with Crippen molar-refractivity contribution < 1.29 is 14.4 Å². The van der Waals surface area contributed by atoms with Crippen molar-refractivity contribution in [3.8, 4) is 0 Å². The SMILES string of the molecule is CCCC(O)(CCC)CNC(=O)C(C)c1c(C)noc1C. The molecule has 1 heterocycles. The van der Waals surface area contributed by atoms with E-state index in [4.69, 9.17) is 4.52 Å². The fourth-order valence-electron chi connectivity index (χ4n) is 2.88. The summed E-state index contributed by atoms with van der Waals surface area (Å²) in [6.07, 6.45) is 3.18. The largest absolute Gasteiger partial charge is 0.388 e. The van der Waals surface area contributed by atoms with Gasteiger partial charge in [0, 0.05) is 12.1 Å². The van der Waals surface area contributed by atoms with Crippen LogP contribution in [0.3, 0.4) is 0 Å². The molecule has 21 heavy (non-hydrogen) atoms. The maximum absolute atomic E-state index is 12.3. The van der Waals surface area contributed by atoms with Crippen LogP contribution in [0, 0.1) is 13.8 Å². The number of rotatable bonds is 8. The lowest BCUT2D eigenvalue weighted by atomic mass is 9.92. The number of hydrogen-bond acceptors (Lipinski definition) is 4. The first-order valence-corrected chi connectivity index (χ1v) is 7.77. The Labute approximate surface area is 127 Å². The van der Waals surface area contributed by atoms with E-state index in [1.54, 1.807) is 0 Å². The van der Waals surface area contributed by atoms with Gasteiger partial charge in [-0.15, -0.1) is 0 Å². The molecule has 0 bridgehead atoms. The van der Waals surface area contributed by atoms with Gasteiger partial charge in [-0.05, 0) is 33.6 Å². The van der Waals surface area contributed by atoms with Gasteiger partial charge in [-0.3, -0.25) is 4.79 Å². The molecule has 0 saturated carbocycles. The van der Waals surface area contributed by atoms with Crippen LogP contribution in [-0.4, -0.2) is 28.3 Å². The number of amides is 1. The van der Waals surface area contributed by atoms with E-state index in [0.29, 0.717) is 25.1 Å². The summed E-state index contributed by atoms with van der Waals surface area (Å²) in [6.45, 7) is 9.84. The van der Waals surface area contributed by atoms with Crippen molar-refractivity contribution >= 4 is 5.91 Å². The Bertz CT molecular complexity index is 443. The van der Waals surface area contributed by atoms with Crippen molar-refractivity contribution in [2.24, 2.45) is 0 Å². The zero-order valence-electron chi connectivity index (χ0n) is 13.8. The number of nitrogens with one attached hydrogen (secondary N) is 1. The smallest absolute Gasteiger partial charge is 0.227 e. The molecule has 2 N–H and O–H groups in total. The first-order valence-electron chi connectivity index (χ1n) is 7.77. The van der Waals surface area contributed by atoms with Crippen molar-refractivity contribution in [3.63, 3.8) is 0 Å². The van der Waals surface area contributed by atoms with E-state index in [9.17, 15) is 9.90 Å². The van der Waals surface area contributed by atoms with E-state index >= 15 is 0 Å². The van der Waals surface area contributed by atoms with E-state index in [-0.39, 0.29) is 11.8 Å². The molecule has 0 aliphatic rings. The minimum Gasteiger partial charge on any atom is -0.388 e. The maximum atomic E-state index is 12.3. The van der Waals surface area contributed by atoms with E-state index in [1.807, 2.05) is 34.6 Å². The molecule has 0 spiro atoms. The third-order valence-electron chi connectivity index (χ3n) is 3.94. The van der Waals surface area contributed by atoms with Crippen LogP contribution in [0.1, 0.15) is 69.4 Å². The summed E-state index contributed by atoms with van der Waals surface area (Å²) in [5.41, 5.74) is 0.770. The second-order valence-corrected chi connectivity index (χ2v) is 5.90. The topological polar surface area (TPSA) is 75.4 Å². The summed E-state index contributed by atoms with van der Waals surface area (Å²) in [4.78, 5) is 12.3. The van der Waals surface area contributed by atoms with Crippen molar-refractivity contribution in [1.82, 2.24) is 10.5 Å². The van der Waals surface area contributed by atoms with E-state index in [1.165, 1.54) is 0 Å². The third kappa shape index (κ3) is 4.56. The first-order chi connectivity index (χ1) is 9.84. The molecule has 5 nitrogen and oxygen atoms in total. The number of aromatic nitrogens is 1.